The molecule has 1 saturated carbocycles. The van der Waals surface area contributed by atoms with Gasteiger partial charge in [-0.2, -0.15) is 0 Å². The summed E-state index contributed by atoms with van der Waals surface area (Å²) in [5.41, 5.74) is -0.770. The molecule has 2 aromatic rings. The number of aromatic amines is 1. The fraction of sp³-hybridized carbons (Fsp3) is 0.462. The highest BCUT2D eigenvalue weighted by atomic mass is 79.9. The number of nitrogens with zero attached hydrogens (tertiary/aromatic N) is 1. The van der Waals surface area contributed by atoms with Crippen molar-refractivity contribution in [3.63, 3.8) is 0 Å². The Morgan fingerprint density at radius 2 is 2.14 bits per heavy atom. The van der Waals surface area contributed by atoms with Gasteiger partial charge in [0.25, 0.3) is 5.56 Å². The third-order valence-electron chi connectivity index (χ3n) is 3.95. The number of fused-ring (bicyclic) bond motifs is 1. The van der Waals surface area contributed by atoms with Crippen LogP contribution in [0, 0.1) is 12.3 Å². The number of halogens is 1. The molecule has 0 amide bonds. The van der Waals surface area contributed by atoms with Crippen molar-refractivity contribution in [2.75, 3.05) is 7.11 Å². The largest absolute Gasteiger partial charge is 0.469 e. The number of methoxy groups -OCH3 is 1. The first-order valence-electron chi connectivity index (χ1n) is 6.40. The third kappa shape index (κ3) is 2.17. The molecule has 1 fully saturated rings. The Kier molecular flexibility index (Phi) is 3.32. The number of ether oxygens (including phenoxy) is 1. The second-order valence-electron chi connectivity index (χ2n) is 5.30. The first-order chi connectivity index (χ1) is 9.89. The van der Waals surface area contributed by atoms with Crippen LogP contribution in [0.3, 0.4) is 0 Å². The quantitative estimate of drug-likeness (QED) is 0.832. The zero-order valence-electron chi connectivity index (χ0n) is 11.5. The number of esters is 1. The van der Waals surface area contributed by atoms with Crippen molar-refractivity contribution < 1.29 is 9.53 Å². The van der Waals surface area contributed by atoms with E-state index in [1.165, 1.54) is 18.4 Å². The normalized spacial score (nSPS) is 16.1. The summed E-state index contributed by atoms with van der Waals surface area (Å²) in [5, 5.41) is 0.493. The minimum atomic E-state index is -0.722. The van der Waals surface area contributed by atoms with Crippen molar-refractivity contribution in [3.05, 3.63) is 30.2 Å². The van der Waals surface area contributed by atoms with Crippen LogP contribution in [0.2, 0.25) is 0 Å². The molecule has 21 heavy (non-hydrogen) atoms. The van der Waals surface area contributed by atoms with Gasteiger partial charge in [-0.05, 0) is 41.3 Å². The number of nitrogens with one attached hydrogen (secondary N) is 1. The highest BCUT2D eigenvalue weighted by Crippen LogP contribution is 2.47. The molecule has 112 valence electrons. The van der Waals surface area contributed by atoms with Crippen molar-refractivity contribution in [1.29, 1.82) is 0 Å². The van der Waals surface area contributed by atoms with Crippen LogP contribution in [-0.2, 0) is 16.1 Å². The lowest BCUT2D eigenvalue weighted by Crippen LogP contribution is -2.39. The van der Waals surface area contributed by atoms with Crippen molar-refractivity contribution in [2.45, 2.75) is 26.3 Å². The first kappa shape index (κ1) is 14.5. The number of aromatic nitrogens is 2. The number of rotatable bonds is 3. The summed E-state index contributed by atoms with van der Waals surface area (Å²) in [6.07, 6.45) is 1.27. The first-order valence-corrected chi connectivity index (χ1v) is 8.01. The predicted octanol–water partition coefficient (Wildman–Crippen LogP) is 1.78. The smallest absolute Gasteiger partial charge is 0.329 e. The van der Waals surface area contributed by atoms with Gasteiger partial charge >= 0.3 is 11.7 Å². The number of H-pyrrole nitrogens is 1. The zero-order chi connectivity index (χ0) is 15.4. The van der Waals surface area contributed by atoms with Crippen molar-refractivity contribution in [1.82, 2.24) is 9.55 Å². The van der Waals surface area contributed by atoms with Gasteiger partial charge in [0.15, 0.2) is 0 Å². The molecule has 1 N–H and O–H groups in total. The minimum absolute atomic E-state index is 0.0662. The van der Waals surface area contributed by atoms with Gasteiger partial charge < -0.3 is 4.74 Å². The van der Waals surface area contributed by atoms with E-state index in [1.807, 2.05) is 6.92 Å². The Labute approximate surface area is 131 Å². The van der Waals surface area contributed by atoms with Gasteiger partial charge in [0.1, 0.15) is 4.83 Å². The fourth-order valence-corrected chi connectivity index (χ4v) is 4.06. The van der Waals surface area contributed by atoms with Crippen LogP contribution in [0.15, 0.2) is 13.4 Å². The topological polar surface area (TPSA) is 81.2 Å². The molecule has 0 aromatic carbocycles. The molecular weight excluding hydrogens is 360 g/mol. The van der Waals surface area contributed by atoms with E-state index >= 15 is 0 Å². The summed E-state index contributed by atoms with van der Waals surface area (Å²) in [7, 11) is 1.32. The molecule has 3 rings (SSSR count). The molecule has 8 heteroatoms. The predicted molar refractivity (Wildman–Crippen MR) is 82.8 cm³/mol. The zero-order valence-corrected chi connectivity index (χ0v) is 13.9. The van der Waals surface area contributed by atoms with Gasteiger partial charge in [0.05, 0.1) is 21.7 Å². The number of hydrogen-bond acceptors (Lipinski definition) is 5. The van der Waals surface area contributed by atoms with Gasteiger partial charge in [-0.25, -0.2) is 4.79 Å². The van der Waals surface area contributed by atoms with E-state index in [2.05, 4.69) is 20.9 Å². The average molecular weight is 373 g/mol. The maximum atomic E-state index is 12.6. The van der Waals surface area contributed by atoms with Gasteiger partial charge in [0, 0.05) is 6.54 Å². The maximum absolute atomic E-state index is 12.6. The van der Waals surface area contributed by atoms with E-state index in [9.17, 15) is 14.4 Å². The average Bonchev–Trinajstić information content (AvgIpc) is 3.17. The van der Waals surface area contributed by atoms with Crippen LogP contribution in [0.25, 0.3) is 10.2 Å². The van der Waals surface area contributed by atoms with Crippen molar-refractivity contribution in [2.24, 2.45) is 5.41 Å². The summed E-state index contributed by atoms with van der Waals surface area (Å²) in [4.78, 5) is 39.8. The van der Waals surface area contributed by atoms with Crippen LogP contribution in [0.5, 0.6) is 0 Å². The van der Waals surface area contributed by atoms with Crippen LogP contribution in [0.4, 0.5) is 0 Å². The summed E-state index contributed by atoms with van der Waals surface area (Å²) in [6, 6.07) is 0. The lowest BCUT2D eigenvalue weighted by atomic mass is 10.1. The number of carbonyl (C=O) groups is 1. The summed E-state index contributed by atoms with van der Waals surface area (Å²) >= 11 is 4.69. The van der Waals surface area contributed by atoms with Gasteiger partial charge in [-0.3, -0.25) is 19.1 Å². The maximum Gasteiger partial charge on any atom is 0.329 e. The molecule has 0 unspecified atom stereocenters. The Morgan fingerprint density at radius 1 is 1.48 bits per heavy atom. The van der Waals surface area contributed by atoms with Crippen molar-refractivity contribution >= 4 is 43.5 Å². The Balaban J connectivity index is 2.16. The number of aryl methyl sites for hydroxylation is 1. The standard InChI is InChI=1S/C13H13BrN2O4S/c1-6-7-9(21-8(6)14)15-12(19)16(10(7)17)5-13(3-4-13)11(18)20-2/h3-5H2,1-2H3,(H,15,19). The second-order valence-corrected chi connectivity index (χ2v) is 7.64. The minimum Gasteiger partial charge on any atom is -0.469 e. The summed E-state index contributed by atoms with van der Waals surface area (Å²) in [6.45, 7) is 1.89. The Bertz CT molecular complexity index is 859. The Hall–Kier alpha value is -1.41. The number of thiophene rings is 1. The van der Waals surface area contributed by atoms with Crippen LogP contribution in [-0.4, -0.2) is 22.6 Å². The van der Waals surface area contributed by atoms with E-state index in [-0.39, 0.29) is 18.1 Å². The molecule has 0 spiro atoms. The molecule has 1 aliphatic carbocycles. The van der Waals surface area contributed by atoms with E-state index in [0.29, 0.717) is 23.1 Å². The number of carbonyl (C=O) groups excluding carboxylic acids is 1. The molecule has 0 radical (unpaired) electrons. The highest BCUT2D eigenvalue weighted by molar-refractivity contribution is 9.11. The molecule has 2 heterocycles. The molecule has 2 aromatic heterocycles. The van der Waals surface area contributed by atoms with Crippen LogP contribution < -0.4 is 11.2 Å². The Morgan fingerprint density at radius 3 is 2.71 bits per heavy atom. The molecule has 0 saturated heterocycles. The van der Waals surface area contributed by atoms with Crippen LogP contribution >= 0.6 is 27.3 Å². The fourth-order valence-electron chi connectivity index (χ4n) is 2.46. The molecule has 0 atom stereocenters. The SMILES string of the molecule is COC(=O)C1(Cn2c(=O)[nH]c3sc(Br)c(C)c3c2=O)CC1. The van der Waals surface area contributed by atoms with E-state index < -0.39 is 11.1 Å². The molecule has 1 aliphatic rings. The third-order valence-corrected chi connectivity index (χ3v) is 6.02. The molecule has 0 aliphatic heterocycles. The number of hydrogen-bond donors (Lipinski definition) is 1. The van der Waals surface area contributed by atoms with E-state index in [4.69, 9.17) is 4.74 Å². The lowest BCUT2D eigenvalue weighted by Gasteiger charge is -2.13. The van der Waals surface area contributed by atoms with Crippen LogP contribution in [0.1, 0.15) is 18.4 Å². The summed E-state index contributed by atoms with van der Waals surface area (Å²) < 4.78 is 6.70. The van der Waals surface area contributed by atoms with Gasteiger partial charge in [-0.15, -0.1) is 11.3 Å². The summed E-state index contributed by atoms with van der Waals surface area (Å²) in [5.74, 6) is -0.364. The monoisotopic (exact) mass is 372 g/mol. The second kappa shape index (κ2) is 4.81. The molecular formula is C13H13BrN2O4S. The highest BCUT2D eigenvalue weighted by Gasteiger charge is 2.51. The van der Waals surface area contributed by atoms with Gasteiger partial charge in [0.2, 0.25) is 0 Å². The molecule has 0 bridgehead atoms. The van der Waals surface area contributed by atoms with E-state index in [1.54, 1.807) is 0 Å². The van der Waals surface area contributed by atoms with Gasteiger partial charge in [-0.1, -0.05) is 0 Å². The van der Waals surface area contributed by atoms with E-state index in [0.717, 1.165) is 13.9 Å². The van der Waals surface area contributed by atoms with Crippen molar-refractivity contribution in [3.8, 4) is 0 Å². The lowest BCUT2D eigenvalue weighted by molar-refractivity contribution is -0.147. The molecule has 6 nitrogen and oxygen atoms in total.